The Labute approximate surface area is 125 Å². The number of carbonyl (C=O) groups excluding carboxylic acids is 3. The summed E-state index contributed by atoms with van der Waals surface area (Å²) in [5, 5.41) is 23.2. The molecule has 124 valence electrons. The summed E-state index contributed by atoms with van der Waals surface area (Å²) in [6.45, 7) is 0.272. The zero-order valence-corrected chi connectivity index (χ0v) is 11.8. The van der Waals surface area contributed by atoms with E-state index in [1.807, 2.05) is 5.32 Å². The molecule has 11 heteroatoms. The Balaban J connectivity index is 4.16. The Morgan fingerprint density at radius 2 is 1.55 bits per heavy atom. The molecule has 22 heavy (non-hydrogen) atoms. The molecule has 0 saturated carbocycles. The number of rotatable bonds is 9. The third-order valence-corrected chi connectivity index (χ3v) is 2.34. The second-order valence-electron chi connectivity index (χ2n) is 4.32. The summed E-state index contributed by atoms with van der Waals surface area (Å²) in [7, 11) is 0. The number of carbonyl (C=O) groups is 5. The average Bonchev–Trinajstić information content (AvgIpc) is 2.41. The van der Waals surface area contributed by atoms with Gasteiger partial charge in [0.25, 0.3) is 0 Å². The summed E-state index contributed by atoms with van der Waals surface area (Å²) in [6, 6.07) is -2.34. The minimum atomic E-state index is -1.30. The van der Waals surface area contributed by atoms with Crippen LogP contribution in [0.3, 0.4) is 0 Å². The van der Waals surface area contributed by atoms with Gasteiger partial charge in [0.15, 0.2) is 0 Å². The van der Waals surface area contributed by atoms with Gasteiger partial charge >= 0.3 is 11.9 Å². The Kier molecular flexibility index (Phi) is 8.15. The third kappa shape index (κ3) is 8.47. The molecule has 0 radical (unpaired) electrons. The quantitative estimate of drug-likeness (QED) is 0.254. The SMILES string of the molecule is CC(NC(=O)C(N)CC(=O)O)C(=O)NCC(=O)NCC(=O)O. The van der Waals surface area contributed by atoms with Crippen LogP contribution in [0.15, 0.2) is 0 Å². The van der Waals surface area contributed by atoms with E-state index in [9.17, 15) is 24.0 Å². The fourth-order valence-corrected chi connectivity index (χ4v) is 1.22. The molecular weight excluding hydrogens is 300 g/mol. The van der Waals surface area contributed by atoms with Crippen molar-refractivity contribution in [3.63, 3.8) is 0 Å². The maximum Gasteiger partial charge on any atom is 0.322 e. The van der Waals surface area contributed by atoms with Gasteiger partial charge in [0.1, 0.15) is 12.6 Å². The van der Waals surface area contributed by atoms with Crippen LogP contribution in [0.2, 0.25) is 0 Å². The molecule has 3 amide bonds. The predicted octanol–water partition coefficient (Wildman–Crippen LogP) is -3.39. The maximum atomic E-state index is 11.6. The third-order valence-electron chi connectivity index (χ3n) is 2.34. The molecule has 0 aromatic heterocycles. The van der Waals surface area contributed by atoms with Gasteiger partial charge in [-0.1, -0.05) is 0 Å². The molecule has 0 aromatic carbocycles. The second-order valence-corrected chi connectivity index (χ2v) is 4.32. The lowest BCUT2D eigenvalue weighted by Crippen LogP contribution is -2.52. The number of carboxylic acid groups (broad SMARTS) is 2. The van der Waals surface area contributed by atoms with Crippen LogP contribution in [0.5, 0.6) is 0 Å². The van der Waals surface area contributed by atoms with E-state index >= 15 is 0 Å². The lowest BCUT2D eigenvalue weighted by molar-refractivity contribution is -0.139. The minimum Gasteiger partial charge on any atom is -0.481 e. The Morgan fingerprint density at radius 1 is 0.955 bits per heavy atom. The van der Waals surface area contributed by atoms with E-state index in [-0.39, 0.29) is 0 Å². The van der Waals surface area contributed by atoms with Crippen LogP contribution in [0, 0.1) is 0 Å². The highest BCUT2D eigenvalue weighted by Crippen LogP contribution is 1.91. The lowest BCUT2D eigenvalue weighted by Gasteiger charge is -2.16. The van der Waals surface area contributed by atoms with Crippen LogP contribution in [0.4, 0.5) is 0 Å². The standard InChI is InChI=1S/C11H18N4O7/c1-5(15-11(22)6(12)2-8(17)18)10(21)14-3-7(16)13-4-9(19)20/h5-6H,2-4,12H2,1H3,(H,13,16)(H,14,21)(H,15,22)(H,17,18)(H,19,20). The Morgan fingerprint density at radius 3 is 2.05 bits per heavy atom. The predicted molar refractivity (Wildman–Crippen MR) is 71.5 cm³/mol. The summed E-state index contributed by atoms with van der Waals surface area (Å²) in [5.41, 5.74) is 5.31. The first-order chi connectivity index (χ1) is 10.1. The van der Waals surface area contributed by atoms with Gasteiger partial charge in [-0.15, -0.1) is 0 Å². The molecular formula is C11H18N4O7. The zero-order chi connectivity index (χ0) is 17.3. The number of carboxylic acids is 2. The van der Waals surface area contributed by atoms with E-state index < -0.39 is 61.3 Å². The van der Waals surface area contributed by atoms with Crippen LogP contribution in [0.25, 0.3) is 0 Å². The van der Waals surface area contributed by atoms with E-state index in [0.29, 0.717) is 0 Å². The first-order valence-electron chi connectivity index (χ1n) is 6.17. The molecule has 0 saturated heterocycles. The van der Waals surface area contributed by atoms with Crippen molar-refractivity contribution in [2.24, 2.45) is 5.73 Å². The van der Waals surface area contributed by atoms with Gasteiger partial charge in [0.2, 0.25) is 17.7 Å². The van der Waals surface area contributed by atoms with E-state index in [1.165, 1.54) is 6.92 Å². The van der Waals surface area contributed by atoms with Crippen LogP contribution in [-0.2, 0) is 24.0 Å². The van der Waals surface area contributed by atoms with E-state index in [0.717, 1.165) is 0 Å². The van der Waals surface area contributed by atoms with E-state index in [4.69, 9.17) is 15.9 Å². The number of nitrogens with two attached hydrogens (primary N) is 1. The van der Waals surface area contributed by atoms with Crippen molar-refractivity contribution < 1.29 is 34.2 Å². The summed E-state index contributed by atoms with van der Waals surface area (Å²) < 4.78 is 0. The second kappa shape index (κ2) is 9.28. The Bertz CT molecular complexity index is 465. The van der Waals surface area contributed by atoms with Crippen molar-refractivity contribution in [1.29, 1.82) is 0 Å². The molecule has 0 heterocycles. The molecule has 0 fully saturated rings. The van der Waals surface area contributed by atoms with Crippen LogP contribution < -0.4 is 21.7 Å². The molecule has 0 aliphatic carbocycles. The number of amides is 3. The van der Waals surface area contributed by atoms with Crippen LogP contribution in [0.1, 0.15) is 13.3 Å². The number of nitrogens with one attached hydrogen (secondary N) is 3. The van der Waals surface area contributed by atoms with Gasteiger partial charge in [-0.3, -0.25) is 24.0 Å². The van der Waals surface area contributed by atoms with Gasteiger partial charge in [-0.25, -0.2) is 0 Å². The van der Waals surface area contributed by atoms with Crippen molar-refractivity contribution in [3.8, 4) is 0 Å². The van der Waals surface area contributed by atoms with Crippen molar-refractivity contribution in [1.82, 2.24) is 16.0 Å². The monoisotopic (exact) mass is 318 g/mol. The normalized spacial score (nSPS) is 12.6. The summed E-state index contributed by atoms with van der Waals surface area (Å²) in [6.07, 6.45) is -0.586. The maximum absolute atomic E-state index is 11.6. The van der Waals surface area contributed by atoms with Crippen molar-refractivity contribution >= 4 is 29.7 Å². The van der Waals surface area contributed by atoms with Crippen LogP contribution in [-0.4, -0.2) is 65.0 Å². The molecule has 0 rings (SSSR count). The van der Waals surface area contributed by atoms with E-state index in [2.05, 4.69) is 10.6 Å². The number of hydrogen-bond acceptors (Lipinski definition) is 6. The molecule has 0 aliphatic heterocycles. The van der Waals surface area contributed by atoms with Gasteiger partial charge in [0, 0.05) is 0 Å². The lowest BCUT2D eigenvalue weighted by atomic mass is 10.2. The summed E-state index contributed by atoms with van der Waals surface area (Å²) >= 11 is 0. The van der Waals surface area contributed by atoms with Crippen molar-refractivity contribution in [3.05, 3.63) is 0 Å². The van der Waals surface area contributed by atoms with Gasteiger partial charge in [-0.2, -0.15) is 0 Å². The Hall–Kier alpha value is -2.69. The molecule has 0 aromatic rings. The molecule has 0 aliphatic rings. The fraction of sp³-hybridized carbons (Fsp3) is 0.545. The summed E-state index contributed by atoms with van der Waals surface area (Å²) in [4.78, 5) is 54.8. The highest BCUT2D eigenvalue weighted by atomic mass is 16.4. The molecule has 11 nitrogen and oxygen atoms in total. The molecule has 0 spiro atoms. The number of hydrogen-bond donors (Lipinski definition) is 6. The largest absolute Gasteiger partial charge is 0.481 e. The average molecular weight is 318 g/mol. The zero-order valence-electron chi connectivity index (χ0n) is 11.8. The van der Waals surface area contributed by atoms with Crippen molar-refractivity contribution in [2.75, 3.05) is 13.1 Å². The van der Waals surface area contributed by atoms with Gasteiger partial charge in [0.05, 0.1) is 19.0 Å². The highest BCUT2D eigenvalue weighted by Gasteiger charge is 2.22. The molecule has 0 bridgehead atoms. The molecule has 2 unspecified atom stereocenters. The minimum absolute atomic E-state index is 0.465. The number of aliphatic carboxylic acids is 2. The summed E-state index contributed by atoms with van der Waals surface area (Å²) in [5.74, 6) is -4.72. The topological polar surface area (TPSA) is 188 Å². The van der Waals surface area contributed by atoms with Gasteiger partial charge in [-0.05, 0) is 6.92 Å². The first kappa shape index (κ1) is 19.3. The van der Waals surface area contributed by atoms with Crippen LogP contribution >= 0.6 is 0 Å². The molecule has 7 N–H and O–H groups in total. The molecule has 2 atom stereocenters. The first-order valence-corrected chi connectivity index (χ1v) is 6.17. The van der Waals surface area contributed by atoms with E-state index in [1.54, 1.807) is 0 Å². The fourth-order valence-electron chi connectivity index (χ4n) is 1.22. The van der Waals surface area contributed by atoms with Gasteiger partial charge < -0.3 is 31.9 Å². The smallest absolute Gasteiger partial charge is 0.322 e. The highest BCUT2D eigenvalue weighted by molar-refractivity contribution is 5.93. The van der Waals surface area contributed by atoms with Crippen molar-refractivity contribution in [2.45, 2.75) is 25.4 Å².